The van der Waals surface area contributed by atoms with Crippen LogP contribution in [-0.2, 0) is 17.1 Å². The molecule has 1 atom stereocenters. The molecule has 0 spiro atoms. The fourth-order valence-corrected chi connectivity index (χ4v) is 4.04. The molecule has 134 valence electrons. The SMILES string of the molecule is COc1ccc(S(=O)(=O)NC(c2nccn2C)C2CC2)cc1C(N)=O. The van der Waals surface area contributed by atoms with Gasteiger partial charge in [0, 0.05) is 19.4 Å². The molecule has 25 heavy (non-hydrogen) atoms. The second-order valence-corrected chi connectivity index (χ2v) is 7.77. The standard InChI is InChI=1S/C16H20N4O4S/c1-20-8-7-18-16(20)14(10-3-4-10)19-25(22,23)11-5-6-13(24-2)12(9-11)15(17)21/h5-10,14,19H,3-4H2,1-2H3,(H2,17,21). The van der Waals surface area contributed by atoms with Crippen LogP contribution in [0.3, 0.4) is 0 Å². The molecule has 1 amide bonds. The summed E-state index contributed by atoms with van der Waals surface area (Å²) in [5.74, 6) is 0.352. The van der Waals surface area contributed by atoms with Crippen LogP contribution in [0.4, 0.5) is 0 Å². The van der Waals surface area contributed by atoms with Gasteiger partial charge in [0.15, 0.2) is 0 Å². The number of imidazole rings is 1. The molecule has 1 aliphatic rings. The van der Waals surface area contributed by atoms with E-state index < -0.39 is 22.0 Å². The highest BCUT2D eigenvalue weighted by Gasteiger charge is 2.37. The van der Waals surface area contributed by atoms with Gasteiger partial charge in [-0.3, -0.25) is 4.79 Å². The summed E-state index contributed by atoms with van der Waals surface area (Å²) < 4.78 is 35.2. The van der Waals surface area contributed by atoms with Crippen molar-refractivity contribution in [3.05, 3.63) is 42.0 Å². The van der Waals surface area contributed by atoms with Crippen LogP contribution in [0, 0.1) is 5.92 Å². The highest BCUT2D eigenvalue weighted by molar-refractivity contribution is 7.89. The Labute approximate surface area is 146 Å². The molecule has 1 aromatic carbocycles. The average Bonchev–Trinajstić information content (AvgIpc) is 3.33. The lowest BCUT2D eigenvalue weighted by Crippen LogP contribution is -2.32. The normalized spacial score (nSPS) is 15.8. The zero-order valence-electron chi connectivity index (χ0n) is 14.0. The number of aromatic nitrogens is 2. The van der Waals surface area contributed by atoms with Crippen molar-refractivity contribution < 1.29 is 17.9 Å². The number of benzene rings is 1. The number of amides is 1. The molecule has 1 unspecified atom stereocenters. The van der Waals surface area contributed by atoms with E-state index in [1.807, 2.05) is 7.05 Å². The lowest BCUT2D eigenvalue weighted by Gasteiger charge is -2.18. The number of hydrogen-bond donors (Lipinski definition) is 2. The summed E-state index contributed by atoms with van der Waals surface area (Å²) in [5.41, 5.74) is 5.33. The Morgan fingerprint density at radius 1 is 1.44 bits per heavy atom. The van der Waals surface area contributed by atoms with Crippen molar-refractivity contribution in [1.29, 1.82) is 0 Å². The highest BCUT2D eigenvalue weighted by Crippen LogP contribution is 2.41. The number of methoxy groups -OCH3 is 1. The molecule has 1 aliphatic carbocycles. The van der Waals surface area contributed by atoms with Crippen LogP contribution >= 0.6 is 0 Å². The molecule has 1 heterocycles. The van der Waals surface area contributed by atoms with Gasteiger partial charge in [-0.05, 0) is 37.0 Å². The number of carbonyl (C=O) groups is 1. The maximum absolute atomic E-state index is 12.8. The first-order valence-electron chi connectivity index (χ1n) is 7.81. The zero-order valence-corrected chi connectivity index (χ0v) is 14.8. The second kappa shape index (κ2) is 6.49. The van der Waals surface area contributed by atoms with Crippen LogP contribution in [0.15, 0.2) is 35.5 Å². The molecular weight excluding hydrogens is 344 g/mol. The number of aryl methyl sites for hydroxylation is 1. The van der Waals surface area contributed by atoms with Gasteiger partial charge < -0.3 is 15.0 Å². The smallest absolute Gasteiger partial charge is 0.252 e. The van der Waals surface area contributed by atoms with Crippen LogP contribution in [0.2, 0.25) is 0 Å². The number of nitrogens with zero attached hydrogens (tertiary/aromatic N) is 2. The number of nitrogens with two attached hydrogens (primary N) is 1. The Morgan fingerprint density at radius 3 is 2.68 bits per heavy atom. The van der Waals surface area contributed by atoms with Crippen LogP contribution in [0.25, 0.3) is 0 Å². The molecule has 0 radical (unpaired) electrons. The summed E-state index contributed by atoms with van der Waals surface area (Å²) in [5, 5.41) is 0. The van der Waals surface area contributed by atoms with E-state index in [1.54, 1.807) is 17.0 Å². The molecule has 1 saturated carbocycles. The van der Waals surface area contributed by atoms with Gasteiger partial charge in [0.1, 0.15) is 11.6 Å². The van der Waals surface area contributed by atoms with Gasteiger partial charge in [-0.25, -0.2) is 18.1 Å². The Morgan fingerprint density at radius 2 is 2.16 bits per heavy atom. The first-order valence-corrected chi connectivity index (χ1v) is 9.29. The Bertz CT molecular complexity index is 903. The van der Waals surface area contributed by atoms with Gasteiger partial charge in [-0.15, -0.1) is 0 Å². The van der Waals surface area contributed by atoms with E-state index in [0.29, 0.717) is 5.82 Å². The third-order valence-electron chi connectivity index (χ3n) is 4.26. The molecule has 8 nitrogen and oxygen atoms in total. The largest absolute Gasteiger partial charge is 0.496 e. The van der Waals surface area contributed by atoms with Gasteiger partial charge in [-0.2, -0.15) is 0 Å². The van der Waals surface area contributed by atoms with E-state index in [2.05, 4.69) is 9.71 Å². The van der Waals surface area contributed by atoms with Crippen molar-refractivity contribution in [2.45, 2.75) is 23.8 Å². The molecule has 0 aliphatic heterocycles. The Hall–Kier alpha value is -2.39. The third-order valence-corrected chi connectivity index (χ3v) is 5.70. The molecule has 2 aromatic rings. The minimum Gasteiger partial charge on any atom is -0.496 e. The Kier molecular flexibility index (Phi) is 4.53. The van der Waals surface area contributed by atoms with Crippen LogP contribution in [-0.4, -0.2) is 31.0 Å². The lowest BCUT2D eigenvalue weighted by molar-refractivity contribution is 0.0997. The molecule has 0 saturated heterocycles. The summed E-state index contributed by atoms with van der Waals surface area (Å²) in [6, 6.07) is 3.62. The zero-order chi connectivity index (χ0) is 18.2. The van der Waals surface area contributed by atoms with Crippen LogP contribution in [0.1, 0.15) is 35.1 Å². The number of sulfonamides is 1. The van der Waals surface area contributed by atoms with Gasteiger partial charge in [0.25, 0.3) is 5.91 Å². The minimum absolute atomic E-state index is 0.0188. The van der Waals surface area contributed by atoms with Crippen molar-refractivity contribution in [2.24, 2.45) is 18.7 Å². The van der Waals surface area contributed by atoms with E-state index in [9.17, 15) is 13.2 Å². The van der Waals surface area contributed by atoms with E-state index in [0.717, 1.165) is 12.8 Å². The second-order valence-electron chi connectivity index (χ2n) is 6.06. The molecule has 9 heteroatoms. The molecule has 3 rings (SSSR count). The van der Waals surface area contributed by atoms with Crippen molar-refractivity contribution in [2.75, 3.05) is 7.11 Å². The number of primary amides is 1. The monoisotopic (exact) mass is 364 g/mol. The summed E-state index contributed by atoms with van der Waals surface area (Å²) in [6.45, 7) is 0. The maximum Gasteiger partial charge on any atom is 0.252 e. The van der Waals surface area contributed by atoms with E-state index in [4.69, 9.17) is 10.5 Å². The van der Waals surface area contributed by atoms with Crippen molar-refractivity contribution in [3.8, 4) is 5.75 Å². The number of nitrogens with one attached hydrogen (secondary N) is 1. The third kappa shape index (κ3) is 3.52. The minimum atomic E-state index is -3.85. The quantitative estimate of drug-likeness (QED) is 0.759. The van der Waals surface area contributed by atoms with E-state index >= 15 is 0 Å². The summed E-state index contributed by atoms with van der Waals surface area (Å²) in [7, 11) is -0.644. The topological polar surface area (TPSA) is 116 Å². The summed E-state index contributed by atoms with van der Waals surface area (Å²) in [4.78, 5) is 15.8. The van der Waals surface area contributed by atoms with Crippen LogP contribution in [0.5, 0.6) is 5.75 Å². The number of carbonyl (C=O) groups excluding carboxylic acids is 1. The summed E-state index contributed by atoms with van der Waals surface area (Å²) in [6.07, 6.45) is 5.29. The predicted octanol–water partition coefficient (Wildman–Crippen LogP) is 0.957. The van der Waals surface area contributed by atoms with Gasteiger partial charge >= 0.3 is 0 Å². The lowest BCUT2D eigenvalue weighted by atomic mass is 10.2. The van der Waals surface area contributed by atoms with Crippen LogP contribution < -0.4 is 15.2 Å². The molecule has 0 bridgehead atoms. The highest BCUT2D eigenvalue weighted by atomic mass is 32.2. The first kappa shape index (κ1) is 17.4. The number of rotatable bonds is 7. The van der Waals surface area contributed by atoms with Gasteiger partial charge in [0.2, 0.25) is 10.0 Å². The average molecular weight is 364 g/mol. The fraction of sp³-hybridized carbons (Fsp3) is 0.375. The number of hydrogen-bond acceptors (Lipinski definition) is 5. The molecular formula is C16H20N4O4S. The summed E-state index contributed by atoms with van der Waals surface area (Å²) >= 11 is 0. The van der Waals surface area contributed by atoms with Gasteiger partial charge in [0.05, 0.1) is 23.6 Å². The predicted molar refractivity (Wildman–Crippen MR) is 90.5 cm³/mol. The first-order chi connectivity index (χ1) is 11.8. The van der Waals surface area contributed by atoms with Crippen molar-refractivity contribution in [1.82, 2.24) is 14.3 Å². The van der Waals surface area contributed by atoms with Crippen molar-refractivity contribution in [3.63, 3.8) is 0 Å². The van der Waals surface area contributed by atoms with E-state index in [1.165, 1.54) is 25.3 Å². The van der Waals surface area contributed by atoms with Gasteiger partial charge in [-0.1, -0.05) is 0 Å². The number of ether oxygens (including phenoxy) is 1. The molecule has 3 N–H and O–H groups in total. The fourth-order valence-electron chi connectivity index (χ4n) is 2.75. The van der Waals surface area contributed by atoms with Crippen molar-refractivity contribution >= 4 is 15.9 Å². The molecule has 1 fully saturated rings. The van der Waals surface area contributed by atoms with E-state index in [-0.39, 0.29) is 22.1 Å². The maximum atomic E-state index is 12.8. The Balaban J connectivity index is 1.95. The molecule has 1 aromatic heterocycles.